The van der Waals surface area contributed by atoms with E-state index in [-0.39, 0.29) is 16.6 Å². The fourth-order valence-electron chi connectivity index (χ4n) is 9.59. The van der Waals surface area contributed by atoms with Gasteiger partial charge in [-0.2, -0.15) is 0 Å². The molecule has 2 N–H and O–H groups in total. The molecule has 6 rings (SSSR count). The number of carbonyl (C=O) groups excluding carboxylic acids is 1. The van der Waals surface area contributed by atoms with Gasteiger partial charge in [-0.3, -0.25) is 4.79 Å². The van der Waals surface area contributed by atoms with Gasteiger partial charge in [-0.1, -0.05) is 13.8 Å². The van der Waals surface area contributed by atoms with Crippen LogP contribution in [0.2, 0.25) is 0 Å². The van der Waals surface area contributed by atoms with Crippen molar-refractivity contribution in [2.75, 3.05) is 13.7 Å². The van der Waals surface area contributed by atoms with E-state index in [1.54, 1.807) is 7.11 Å². The molecule has 150 valence electrons. The quantitative estimate of drug-likeness (QED) is 0.780. The first kappa shape index (κ1) is 17.4. The van der Waals surface area contributed by atoms with Crippen molar-refractivity contribution in [3.63, 3.8) is 0 Å². The maximum absolute atomic E-state index is 12.2. The highest BCUT2D eigenvalue weighted by Gasteiger charge is 2.81. The molecular formula is C23H34O4. The van der Waals surface area contributed by atoms with Crippen LogP contribution in [-0.4, -0.2) is 40.9 Å². The van der Waals surface area contributed by atoms with Gasteiger partial charge in [0.15, 0.2) is 0 Å². The Bertz CT molecular complexity index is 721. The highest BCUT2D eigenvalue weighted by Crippen LogP contribution is 2.81. The Morgan fingerprint density at radius 3 is 2.52 bits per heavy atom. The number of carbonyl (C=O) groups is 1. The first-order valence-electron chi connectivity index (χ1n) is 11.2. The smallest absolute Gasteiger partial charge is 0.135 e. The molecule has 4 heteroatoms. The Kier molecular flexibility index (Phi) is 3.11. The van der Waals surface area contributed by atoms with E-state index in [2.05, 4.69) is 13.8 Å². The van der Waals surface area contributed by atoms with Crippen LogP contribution in [0.5, 0.6) is 0 Å². The van der Waals surface area contributed by atoms with Crippen molar-refractivity contribution in [2.45, 2.75) is 70.0 Å². The monoisotopic (exact) mass is 374 g/mol. The topological polar surface area (TPSA) is 66.8 Å². The predicted molar refractivity (Wildman–Crippen MR) is 99.7 cm³/mol. The SMILES string of the molecule is COC[C@]1(O)[C@H]2C[C@H]2C2C3C(CC[C@@]21C)[C@@]1(C)CCC(=O)C[C@@]1(O)[C@@H]1C[C@H]31. The van der Waals surface area contributed by atoms with Gasteiger partial charge >= 0.3 is 0 Å². The van der Waals surface area contributed by atoms with Gasteiger partial charge < -0.3 is 14.9 Å². The third-order valence-corrected chi connectivity index (χ3v) is 11.0. The minimum absolute atomic E-state index is 0.0544. The first-order chi connectivity index (χ1) is 12.7. The van der Waals surface area contributed by atoms with Crippen molar-refractivity contribution >= 4 is 5.78 Å². The number of hydrogen-bond donors (Lipinski definition) is 2. The van der Waals surface area contributed by atoms with E-state index < -0.39 is 11.2 Å². The molecule has 0 amide bonds. The van der Waals surface area contributed by atoms with Gasteiger partial charge in [0.05, 0.1) is 17.8 Å². The predicted octanol–water partition coefficient (Wildman–Crippen LogP) is 2.80. The molecule has 0 aromatic carbocycles. The Morgan fingerprint density at radius 1 is 1.04 bits per heavy atom. The number of rotatable bonds is 2. The van der Waals surface area contributed by atoms with Crippen LogP contribution in [0.15, 0.2) is 0 Å². The molecule has 27 heavy (non-hydrogen) atoms. The molecule has 4 nitrogen and oxygen atoms in total. The van der Waals surface area contributed by atoms with Gasteiger partial charge in [0.1, 0.15) is 5.78 Å². The second kappa shape index (κ2) is 4.82. The van der Waals surface area contributed by atoms with E-state index in [0.717, 1.165) is 32.1 Å². The molecule has 11 atom stereocenters. The van der Waals surface area contributed by atoms with Gasteiger partial charge in [0.25, 0.3) is 0 Å². The molecule has 6 aliphatic carbocycles. The molecule has 0 spiro atoms. The summed E-state index contributed by atoms with van der Waals surface area (Å²) in [7, 11) is 1.72. The standard InChI is InChI=1S/C23H34O4/c1-20-6-4-12(24)10-22(20,25)16-8-13(16)18-15(20)5-7-21(2)19(18)14-9-17(14)23(21,26)11-27-3/h13-19,25-26H,4-11H2,1-3H3/t13-,14+,15?,16+,17-,18?,19?,20+,21-,22+,23-/m0/s1. The molecule has 0 bridgehead atoms. The summed E-state index contributed by atoms with van der Waals surface area (Å²) in [4.78, 5) is 12.2. The molecule has 6 aliphatic rings. The molecule has 6 saturated carbocycles. The Hall–Kier alpha value is -0.450. The lowest BCUT2D eigenvalue weighted by Crippen LogP contribution is -2.65. The largest absolute Gasteiger partial charge is 0.389 e. The second-order valence-corrected chi connectivity index (χ2v) is 11.6. The molecular weight excluding hydrogens is 340 g/mol. The van der Waals surface area contributed by atoms with Crippen molar-refractivity contribution in [3.05, 3.63) is 0 Å². The summed E-state index contributed by atoms with van der Waals surface area (Å²) in [5, 5.41) is 23.5. The third kappa shape index (κ3) is 1.73. The van der Waals surface area contributed by atoms with E-state index in [1.165, 1.54) is 0 Å². The van der Waals surface area contributed by atoms with E-state index >= 15 is 0 Å². The first-order valence-corrected chi connectivity index (χ1v) is 11.2. The zero-order chi connectivity index (χ0) is 19.0. The van der Waals surface area contributed by atoms with Crippen LogP contribution in [0.4, 0.5) is 0 Å². The molecule has 0 aromatic heterocycles. The van der Waals surface area contributed by atoms with Crippen LogP contribution in [-0.2, 0) is 9.53 Å². The van der Waals surface area contributed by atoms with E-state index in [4.69, 9.17) is 4.74 Å². The summed E-state index contributed by atoms with van der Waals surface area (Å²) in [6.45, 7) is 5.10. The Labute approximate surface area is 162 Å². The van der Waals surface area contributed by atoms with Crippen LogP contribution in [0.1, 0.15) is 58.8 Å². The van der Waals surface area contributed by atoms with Gasteiger partial charge in [0, 0.05) is 30.8 Å². The summed E-state index contributed by atoms with van der Waals surface area (Å²) in [6, 6.07) is 0. The molecule has 6 fully saturated rings. The van der Waals surface area contributed by atoms with Crippen molar-refractivity contribution in [2.24, 2.45) is 52.3 Å². The average molecular weight is 375 g/mol. The molecule has 0 saturated heterocycles. The molecule has 0 aromatic rings. The lowest BCUT2D eigenvalue weighted by Gasteiger charge is -2.64. The van der Waals surface area contributed by atoms with Gasteiger partial charge in [-0.15, -0.1) is 0 Å². The van der Waals surface area contributed by atoms with Crippen LogP contribution in [0.25, 0.3) is 0 Å². The molecule has 0 heterocycles. The lowest BCUT2D eigenvalue weighted by atomic mass is 9.42. The second-order valence-electron chi connectivity index (χ2n) is 11.6. The third-order valence-electron chi connectivity index (χ3n) is 11.0. The highest BCUT2D eigenvalue weighted by atomic mass is 16.5. The van der Waals surface area contributed by atoms with Crippen molar-refractivity contribution in [1.29, 1.82) is 0 Å². The fraction of sp³-hybridized carbons (Fsp3) is 0.957. The zero-order valence-electron chi connectivity index (χ0n) is 16.9. The normalized spacial score (nSPS) is 65.5. The van der Waals surface area contributed by atoms with Crippen LogP contribution < -0.4 is 0 Å². The van der Waals surface area contributed by atoms with E-state index in [9.17, 15) is 15.0 Å². The average Bonchev–Trinajstić information content (AvgIpc) is 3.49. The summed E-state index contributed by atoms with van der Waals surface area (Å²) < 4.78 is 5.52. The number of aliphatic hydroxyl groups is 2. The highest BCUT2D eigenvalue weighted by molar-refractivity contribution is 5.81. The van der Waals surface area contributed by atoms with Gasteiger partial charge in [-0.05, 0) is 73.5 Å². The maximum Gasteiger partial charge on any atom is 0.135 e. The summed E-state index contributed by atoms with van der Waals surface area (Å²) >= 11 is 0. The number of ether oxygens (including phenoxy) is 1. The zero-order valence-corrected chi connectivity index (χ0v) is 16.9. The lowest BCUT2D eigenvalue weighted by molar-refractivity contribution is -0.227. The minimum atomic E-state index is -0.772. The van der Waals surface area contributed by atoms with Crippen LogP contribution >= 0.6 is 0 Å². The van der Waals surface area contributed by atoms with E-state index in [0.29, 0.717) is 60.9 Å². The number of Topliss-reactive ketones (excluding diaryl/α,β-unsaturated/α-hetero) is 1. The number of hydrogen-bond acceptors (Lipinski definition) is 4. The maximum atomic E-state index is 12.2. The summed E-state index contributed by atoms with van der Waals surface area (Å²) in [5.41, 5.74) is -1.63. The Balaban J connectivity index is 1.42. The van der Waals surface area contributed by atoms with E-state index in [1.807, 2.05) is 0 Å². The van der Waals surface area contributed by atoms with Crippen molar-refractivity contribution in [1.82, 2.24) is 0 Å². The number of fused-ring (bicyclic) bond motifs is 10. The van der Waals surface area contributed by atoms with Gasteiger partial charge in [0.2, 0.25) is 0 Å². The van der Waals surface area contributed by atoms with Gasteiger partial charge in [-0.25, -0.2) is 0 Å². The minimum Gasteiger partial charge on any atom is -0.389 e. The van der Waals surface area contributed by atoms with Crippen LogP contribution in [0.3, 0.4) is 0 Å². The molecule has 0 radical (unpaired) electrons. The number of methoxy groups -OCH3 is 1. The summed E-state index contributed by atoms with van der Waals surface area (Å²) in [5.74, 6) is 3.87. The number of ketones is 1. The van der Waals surface area contributed by atoms with Crippen molar-refractivity contribution in [3.8, 4) is 0 Å². The Morgan fingerprint density at radius 2 is 1.78 bits per heavy atom. The van der Waals surface area contributed by atoms with Crippen LogP contribution in [0, 0.1) is 52.3 Å². The summed E-state index contributed by atoms with van der Waals surface area (Å²) in [6.07, 6.45) is 6.23. The fourth-order valence-corrected chi connectivity index (χ4v) is 9.59. The molecule has 0 aliphatic heterocycles. The van der Waals surface area contributed by atoms with Crippen molar-refractivity contribution < 1.29 is 19.7 Å². The molecule has 3 unspecified atom stereocenters.